The normalized spacial score (nSPS) is 10.2. The van der Waals surface area contributed by atoms with E-state index in [1.54, 1.807) is 31.2 Å². The molecule has 3 rings (SSSR count). The summed E-state index contributed by atoms with van der Waals surface area (Å²) in [6.45, 7) is 1.71. The topological polar surface area (TPSA) is 116 Å². The molecule has 0 aliphatic rings. The van der Waals surface area contributed by atoms with Gasteiger partial charge in [0.2, 0.25) is 0 Å². The Morgan fingerprint density at radius 3 is 2.50 bits per heavy atom. The van der Waals surface area contributed by atoms with Crippen LogP contribution in [0, 0.1) is 6.92 Å². The second kappa shape index (κ2) is 8.21. The van der Waals surface area contributed by atoms with E-state index in [4.69, 9.17) is 14.0 Å². The summed E-state index contributed by atoms with van der Waals surface area (Å²) in [6.07, 6.45) is 1.38. The van der Waals surface area contributed by atoms with Gasteiger partial charge in [-0.05, 0) is 31.2 Å². The summed E-state index contributed by atoms with van der Waals surface area (Å²) in [4.78, 5) is 29.0. The fraction of sp³-hybridized carbons (Fsp3) is 0.158. The number of ether oxygens (including phenoxy) is 2. The van der Waals surface area contributed by atoms with E-state index in [0.717, 1.165) is 0 Å². The molecule has 1 aromatic carbocycles. The maximum absolute atomic E-state index is 12.6. The van der Waals surface area contributed by atoms with Crippen LogP contribution in [0.15, 0.2) is 47.1 Å². The second-order valence-corrected chi connectivity index (χ2v) is 5.73. The molecule has 2 N–H and O–H groups in total. The number of anilines is 2. The van der Waals surface area contributed by atoms with Crippen molar-refractivity contribution in [3.8, 4) is 11.5 Å². The number of amides is 2. The smallest absolute Gasteiger partial charge is 0.274 e. The van der Waals surface area contributed by atoms with E-state index in [-0.39, 0.29) is 17.1 Å². The summed E-state index contributed by atoms with van der Waals surface area (Å²) in [5.74, 6) is 0.926. The van der Waals surface area contributed by atoms with Crippen LogP contribution in [-0.4, -0.2) is 36.2 Å². The van der Waals surface area contributed by atoms with Crippen LogP contribution >= 0.6 is 0 Å². The first kappa shape index (κ1) is 18.9. The number of rotatable bonds is 6. The van der Waals surface area contributed by atoms with Crippen molar-refractivity contribution in [1.82, 2.24) is 10.1 Å². The molecule has 0 fully saturated rings. The Labute approximate surface area is 160 Å². The van der Waals surface area contributed by atoms with Crippen LogP contribution in [0.2, 0.25) is 0 Å². The molecule has 0 atom stereocenters. The number of methoxy groups -OCH3 is 2. The number of nitrogens with one attached hydrogen (secondary N) is 2. The van der Waals surface area contributed by atoms with E-state index in [1.165, 1.54) is 32.5 Å². The molecule has 0 saturated heterocycles. The Kier molecular flexibility index (Phi) is 5.54. The molecule has 3 aromatic rings. The average Bonchev–Trinajstić information content (AvgIpc) is 3.12. The van der Waals surface area contributed by atoms with Crippen molar-refractivity contribution in [2.24, 2.45) is 0 Å². The van der Waals surface area contributed by atoms with Gasteiger partial charge in [0.15, 0.2) is 5.82 Å². The van der Waals surface area contributed by atoms with Crippen LogP contribution in [-0.2, 0) is 0 Å². The van der Waals surface area contributed by atoms with E-state index >= 15 is 0 Å². The molecular weight excluding hydrogens is 364 g/mol. The fourth-order valence-corrected chi connectivity index (χ4v) is 2.41. The van der Waals surface area contributed by atoms with Gasteiger partial charge in [0.1, 0.15) is 23.0 Å². The van der Waals surface area contributed by atoms with Gasteiger partial charge < -0.3 is 24.6 Å². The lowest BCUT2D eigenvalue weighted by Crippen LogP contribution is -2.17. The van der Waals surface area contributed by atoms with Crippen molar-refractivity contribution < 1.29 is 23.6 Å². The van der Waals surface area contributed by atoms with E-state index < -0.39 is 11.8 Å². The molecule has 0 unspecified atom stereocenters. The number of nitrogens with zero attached hydrogens (tertiary/aromatic N) is 2. The lowest BCUT2D eigenvalue weighted by Gasteiger charge is -2.11. The molecule has 0 aliphatic heterocycles. The molecule has 9 heteroatoms. The molecule has 9 nitrogen and oxygen atoms in total. The van der Waals surface area contributed by atoms with E-state index in [9.17, 15) is 9.59 Å². The van der Waals surface area contributed by atoms with Gasteiger partial charge in [0, 0.05) is 23.9 Å². The number of hydrogen-bond acceptors (Lipinski definition) is 7. The van der Waals surface area contributed by atoms with Gasteiger partial charge in [0.25, 0.3) is 11.8 Å². The number of hydrogen-bond donors (Lipinski definition) is 2. The first-order valence-electron chi connectivity index (χ1n) is 8.24. The summed E-state index contributed by atoms with van der Waals surface area (Å²) in [7, 11) is 3.01. The maximum Gasteiger partial charge on any atom is 0.274 e. The Balaban J connectivity index is 1.78. The van der Waals surface area contributed by atoms with Gasteiger partial charge in [0.05, 0.1) is 19.9 Å². The molecule has 0 spiro atoms. The third kappa shape index (κ3) is 4.26. The number of carbonyl (C=O) groups is 2. The molecule has 2 aromatic heterocycles. The lowest BCUT2D eigenvalue weighted by atomic mass is 10.2. The SMILES string of the molecule is COc1ccc(OC)c(NC(=O)c2cc(C(=O)Nc3cc(C)on3)ccn2)c1. The van der Waals surface area contributed by atoms with Crippen LogP contribution in [0.1, 0.15) is 26.6 Å². The minimum Gasteiger partial charge on any atom is -0.497 e. The molecule has 2 heterocycles. The summed E-state index contributed by atoms with van der Waals surface area (Å²) in [5.41, 5.74) is 0.730. The second-order valence-electron chi connectivity index (χ2n) is 5.73. The minimum atomic E-state index is -0.501. The van der Waals surface area contributed by atoms with Gasteiger partial charge in [-0.3, -0.25) is 14.6 Å². The third-order valence-corrected chi connectivity index (χ3v) is 3.78. The van der Waals surface area contributed by atoms with Crippen molar-refractivity contribution in [3.63, 3.8) is 0 Å². The van der Waals surface area contributed by atoms with Crippen molar-refractivity contribution in [2.45, 2.75) is 6.92 Å². The number of aryl methyl sites for hydroxylation is 1. The third-order valence-electron chi connectivity index (χ3n) is 3.78. The Morgan fingerprint density at radius 1 is 1.00 bits per heavy atom. The van der Waals surface area contributed by atoms with Gasteiger partial charge in [-0.25, -0.2) is 0 Å². The molecule has 0 bridgehead atoms. The maximum atomic E-state index is 12.6. The molecule has 0 aliphatic carbocycles. The zero-order valence-corrected chi connectivity index (χ0v) is 15.5. The van der Waals surface area contributed by atoms with Crippen LogP contribution in [0.5, 0.6) is 11.5 Å². The van der Waals surface area contributed by atoms with Crippen LogP contribution in [0.25, 0.3) is 0 Å². The lowest BCUT2D eigenvalue weighted by molar-refractivity contribution is 0.102. The van der Waals surface area contributed by atoms with Crippen molar-refractivity contribution in [3.05, 3.63) is 59.6 Å². The van der Waals surface area contributed by atoms with Crippen molar-refractivity contribution in [1.29, 1.82) is 0 Å². The highest BCUT2D eigenvalue weighted by Crippen LogP contribution is 2.29. The highest BCUT2D eigenvalue weighted by atomic mass is 16.5. The molecule has 0 radical (unpaired) electrons. The Morgan fingerprint density at radius 2 is 1.82 bits per heavy atom. The van der Waals surface area contributed by atoms with E-state index in [1.807, 2.05) is 0 Å². The minimum absolute atomic E-state index is 0.0638. The predicted octanol–water partition coefficient (Wildman–Crippen LogP) is 2.90. The molecular formula is C19H18N4O5. The zero-order chi connectivity index (χ0) is 20.1. The fourth-order valence-electron chi connectivity index (χ4n) is 2.41. The van der Waals surface area contributed by atoms with Crippen LogP contribution < -0.4 is 20.1 Å². The number of benzene rings is 1. The summed E-state index contributed by atoms with van der Waals surface area (Å²) >= 11 is 0. The highest BCUT2D eigenvalue weighted by molar-refractivity contribution is 6.08. The quantitative estimate of drug-likeness (QED) is 0.673. The number of carbonyl (C=O) groups excluding carboxylic acids is 2. The molecule has 2 amide bonds. The first-order valence-corrected chi connectivity index (χ1v) is 8.24. The van der Waals surface area contributed by atoms with Crippen molar-refractivity contribution in [2.75, 3.05) is 24.9 Å². The molecule has 144 valence electrons. The average molecular weight is 382 g/mol. The Hall–Kier alpha value is -3.88. The monoisotopic (exact) mass is 382 g/mol. The standard InChI is InChI=1S/C19H18N4O5/c1-11-8-17(23-28-11)22-18(24)12-6-7-20-15(9-12)19(25)21-14-10-13(26-2)4-5-16(14)27-3/h4-10H,1-3H3,(H,21,25)(H,22,23,24). The molecule has 28 heavy (non-hydrogen) atoms. The number of pyridine rings is 1. The van der Waals surface area contributed by atoms with E-state index in [2.05, 4.69) is 20.8 Å². The van der Waals surface area contributed by atoms with Gasteiger partial charge in [-0.2, -0.15) is 0 Å². The summed E-state index contributed by atoms with van der Waals surface area (Å²) in [6, 6.07) is 9.46. The summed E-state index contributed by atoms with van der Waals surface area (Å²) < 4.78 is 15.3. The predicted molar refractivity (Wildman–Crippen MR) is 101 cm³/mol. The van der Waals surface area contributed by atoms with Gasteiger partial charge >= 0.3 is 0 Å². The Bertz CT molecular complexity index is 1020. The number of aromatic nitrogens is 2. The van der Waals surface area contributed by atoms with Crippen molar-refractivity contribution >= 4 is 23.3 Å². The first-order chi connectivity index (χ1) is 13.5. The van der Waals surface area contributed by atoms with Crippen LogP contribution in [0.3, 0.4) is 0 Å². The molecule has 0 saturated carbocycles. The largest absolute Gasteiger partial charge is 0.497 e. The van der Waals surface area contributed by atoms with Crippen LogP contribution in [0.4, 0.5) is 11.5 Å². The highest BCUT2D eigenvalue weighted by Gasteiger charge is 2.15. The van der Waals surface area contributed by atoms with Gasteiger partial charge in [-0.1, -0.05) is 5.16 Å². The summed E-state index contributed by atoms with van der Waals surface area (Å²) in [5, 5.41) is 9.00. The zero-order valence-electron chi connectivity index (χ0n) is 15.5. The van der Waals surface area contributed by atoms with E-state index in [0.29, 0.717) is 22.9 Å². The van der Waals surface area contributed by atoms with Gasteiger partial charge in [-0.15, -0.1) is 0 Å².